The second kappa shape index (κ2) is 13.8. The van der Waals surface area contributed by atoms with Crippen LogP contribution in [0.25, 0.3) is 0 Å². The van der Waals surface area contributed by atoms with Crippen molar-refractivity contribution in [2.45, 2.75) is 88.6 Å². The van der Waals surface area contributed by atoms with E-state index in [9.17, 15) is 15.3 Å². The molecule has 1 heterocycles. The van der Waals surface area contributed by atoms with Crippen LogP contribution in [0.5, 0.6) is 0 Å². The van der Waals surface area contributed by atoms with Crippen LogP contribution < -0.4 is 0 Å². The van der Waals surface area contributed by atoms with E-state index in [1.165, 1.54) is 44.9 Å². The van der Waals surface area contributed by atoms with Crippen molar-refractivity contribution in [2.24, 2.45) is 0 Å². The maximum absolute atomic E-state index is 9.78. The third-order valence-electron chi connectivity index (χ3n) is 4.59. The summed E-state index contributed by atoms with van der Waals surface area (Å²) in [6.45, 7) is 4.68. The third kappa shape index (κ3) is 9.14. The maximum atomic E-state index is 9.78. The van der Waals surface area contributed by atoms with Crippen LogP contribution in [0.4, 0.5) is 0 Å². The quantitative estimate of drug-likeness (QED) is 0.333. The van der Waals surface area contributed by atoms with Crippen molar-refractivity contribution in [1.29, 1.82) is 0 Å². The first-order chi connectivity index (χ1) is 11.7. The molecule has 0 aliphatic carbocycles. The largest absolute Gasteiger partial charge is 0.388 e. The molecule has 0 aromatic rings. The summed E-state index contributed by atoms with van der Waals surface area (Å²) in [5.74, 6) is 0. The van der Waals surface area contributed by atoms with Gasteiger partial charge < -0.3 is 24.8 Å². The van der Waals surface area contributed by atoms with E-state index in [1.807, 2.05) is 6.08 Å². The Hall–Kier alpha value is -0.460. The summed E-state index contributed by atoms with van der Waals surface area (Å²) in [6.07, 6.45) is 10.6. The molecule has 0 unspecified atom stereocenters. The number of hydrogen-bond acceptors (Lipinski definition) is 5. The number of aliphatic hydroxyl groups excluding tert-OH is 3. The number of hydrogen-bond donors (Lipinski definition) is 3. The molecule has 4 atom stereocenters. The van der Waals surface area contributed by atoms with Gasteiger partial charge in [-0.3, -0.25) is 0 Å². The van der Waals surface area contributed by atoms with Crippen molar-refractivity contribution in [3.8, 4) is 0 Å². The van der Waals surface area contributed by atoms with E-state index in [0.717, 1.165) is 19.3 Å². The predicted octanol–water partition coefficient (Wildman–Crippen LogP) is 2.57. The fraction of sp³-hybridized carbons (Fsp3) is 0.895. The van der Waals surface area contributed by atoms with Gasteiger partial charge in [0.1, 0.15) is 24.4 Å². The minimum Gasteiger partial charge on any atom is -0.388 e. The molecule has 0 aromatic carbocycles. The molecule has 0 aromatic heterocycles. The number of unbranched alkanes of at least 4 members (excludes halogenated alkanes) is 9. The zero-order valence-corrected chi connectivity index (χ0v) is 14.9. The summed E-state index contributed by atoms with van der Waals surface area (Å²) in [4.78, 5) is 0. The normalized spacial score (nSPS) is 27.3. The van der Waals surface area contributed by atoms with Gasteiger partial charge in [0.15, 0.2) is 0 Å². The van der Waals surface area contributed by atoms with E-state index < -0.39 is 24.4 Å². The molecule has 1 saturated heterocycles. The lowest BCUT2D eigenvalue weighted by molar-refractivity contribution is -0.199. The number of ether oxygens (including phenoxy) is 2. The minimum absolute atomic E-state index is 0.0415. The third-order valence-corrected chi connectivity index (χ3v) is 4.59. The van der Waals surface area contributed by atoms with Crippen LogP contribution >= 0.6 is 0 Å². The SMILES string of the molecule is C=CCCCCCCCCCCCOC[C@@H]1OC[C@@H](O)[C@H](O)[C@H]1O. The molecule has 142 valence electrons. The zero-order chi connectivity index (χ0) is 17.6. The number of rotatable bonds is 14. The van der Waals surface area contributed by atoms with Gasteiger partial charge in [0.2, 0.25) is 0 Å². The lowest BCUT2D eigenvalue weighted by atomic mass is 10.0. The van der Waals surface area contributed by atoms with Crippen molar-refractivity contribution in [2.75, 3.05) is 19.8 Å². The highest BCUT2D eigenvalue weighted by Crippen LogP contribution is 2.16. The Balaban J connectivity index is 1.85. The molecule has 5 nitrogen and oxygen atoms in total. The average molecular weight is 344 g/mol. The summed E-state index contributed by atoms with van der Waals surface area (Å²) < 4.78 is 10.8. The van der Waals surface area contributed by atoms with Crippen LogP contribution in [0.15, 0.2) is 12.7 Å². The van der Waals surface area contributed by atoms with Gasteiger partial charge in [-0.2, -0.15) is 0 Å². The first-order valence-corrected chi connectivity index (χ1v) is 9.51. The minimum atomic E-state index is -1.15. The van der Waals surface area contributed by atoms with E-state index in [-0.39, 0.29) is 13.2 Å². The molecule has 0 spiro atoms. The van der Waals surface area contributed by atoms with Crippen LogP contribution in [0, 0.1) is 0 Å². The molecule has 24 heavy (non-hydrogen) atoms. The molecule has 1 rings (SSSR count). The molecule has 5 heteroatoms. The number of aliphatic hydroxyl groups is 3. The summed E-state index contributed by atoms with van der Waals surface area (Å²) in [7, 11) is 0. The Morgan fingerprint density at radius 3 is 2.08 bits per heavy atom. The van der Waals surface area contributed by atoms with Gasteiger partial charge in [0, 0.05) is 6.61 Å². The lowest BCUT2D eigenvalue weighted by Crippen LogP contribution is -2.54. The molecular weight excluding hydrogens is 308 g/mol. The van der Waals surface area contributed by atoms with Gasteiger partial charge in [-0.15, -0.1) is 6.58 Å². The molecule has 1 aliphatic heterocycles. The summed E-state index contributed by atoms with van der Waals surface area (Å²) in [5.41, 5.74) is 0. The highest BCUT2D eigenvalue weighted by Gasteiger charge is 2.37. The van der Waals surface area contributed by atoms with E-state index in [2.05, 4.69) is 6.58 Å². The molecule has 3 N–H and O–H groups in total. The van der Waals surface area contributed by atoms with Crippen molar-refractivity contribution in [1.82, 2.24) is 0 Å². The van der Waals surface area contributed by atoms with Crippen LogP contribution in [0.3, 0.4) is 0 Å². The van der Waals surface area contributed by atoms with Gasteiger partial charge >= 0.3 is 0 Å². The average Bonchev–Trinajstić information content (AvgIpc) is 2.58. The van der Waals surface area contributed by atoms with Gasteiger partial charge in [-0.1, -0.05) is 51.0 Å². The Labute approximate surface area is 146 Å². The molecule has 1 aliphatic rings. The maximum Gasteiger partial charge on any atom is 0.111 e. The standard InChI is InChI=1S/C19H36O5/c1-2-3-4-5-6-7-8-9-10-11-12-13-23-15-17-19(22)18(21)16(20)14-24-17/h2,16-22H,1,3-15H2/t16-,17+,18+,19+/m1/s1. The molecule has 0 amide bonds. The summed E-state index contributed by atoms with van der Waals surface area (Å²) >= 11 is 0. The van der Waals surface area contributed by atoms with Crippen LogP contribution in [-0.2, 0) is 9.47 Å². The van der Waals surface area contributed by atoms with Crippen molar-refractivity contribution in [3.05, 3.63) is 12.7 Å². The van der Waals surface area contributed by atoms with E-state index in [1.54, 1.807) is 0 Å². The second-order valence-electron chi connectivity index (χ2n) is 6.75. The van der Waals surface area contributed by atoms with Crippen molar-refractivity contribution >= 4 is 0 Å². The molecule has 1 fully saturated rings. The summed E-state index contributed by atoms with van der Waals surface area (Å²) in [6, 6.07) is 0. The molecular formula is C19H36O5. The molecule has 0 bridgehead atoms. The molecule has 0 saturated carbocycles. The second-order valence-corrected chi connectivity index (χ2v) is 6.75. The Kier molecular flexibility index (Phi) is 12.4. The van der Waals surface area contributed by atoms with E-state index >= 15 is 0 Å². The first kappa shape index (κ1) is 21.6. The summed E-state index contributed by atoms with van der Waals surface area (Å²) in [5, 5.41) is 28.7. The fourth-order valence-electron chi connectivity index (χ4n) is 2.94. The fourth-order valence-corrected chi connectivity index (χ4v) is 2.94. The number of allylic oxidation sites excluding steroid dienone is 1. The van der Waals surface area contributed by atoms with Gasteiger partial charge in [0.05, 0.1) is 13.2 Å². The Morgan fingerprint density at radius 2 is 1.46 bits per heavy atom. The first-order valence-electron chi connectivity index (χ1n) is 9.51. The monoisotopic (exact) mass is 344 g/mol. The zero-order valence-electron chi connectivity index (χ0n) is 14.9. The van der Waals surface area contributed by atoms with E-state index in [4.69, 9.17) is 9.47 Å². The van der Waals surface area contributed by atoms with Crippen molar-refractivity contribution in [3.63, 3.8) is 0 Å². The highest BCUT2D eigenvalue weighted by molar-refractivity contribution is 4.86. The highest BCUT2D eigenvalue weighted by atomic mass is 16.6. The van der Waals surface area contributed by atoms with Crippen LogP contribution in [0.2, 0.25) is 0 Å². The molecule has 0 radical (unpaired) electrons. The van der Waals surface area contributed by atoms with Crippen LogP contribution in [-0.4, -0.2) is 59.6 Å². The van der Waals surface area contributed by atoms with Crippen molar-refractivity contribution < 1.29 is 24.8 Å². The lowest BCUT2D eigenvalue weighted by Gasteiger charge is -2.35. The van der Waals surface area contributed by atoms with Crippen LogP contribution in [0.1, 0.15) is 64.2 Å². The Bertz CT molecular complexity index is 310. The van der Waals surface area contributed by atoms with Gasteiger partial charge in [-0.05, 0) is 19.3 Å². The Morgan fingerprint density at radius 1 is 0.875 bits per heavy atom. The van der Waals surface area contributed by atoms with Gasteiger partial charge in [0.25, 0.3) is 0 Å². The van der Waals surface area contributed by atoms with E-state index in [0.29, 0.717) is 6.61 Å². The smallest absolute Gasteiger partial charge is 0.111 e. The predicted molar refractivity (Wildman–Crippen MR) is 94.9 cm³/mol. The van der Waals surface area contributed by atoms with Gasteiger partial charge in [-0.25, -0.2) is 0 Å². The topological polar surface area (TPSA) is 79.2 Å².